The van der Waals surface area contributed by atoms with Gasteiger partial charge in [-0.2, -0.15) is 0 Å². The minimum atomic E-state index is -0.348. The Labute approximate surface area is 116 Å². The molecule has 1 heterocycles. The summed E-state index contributed by atoms with van der Waals surface area (Å²) in [7, 11) is 0. The largest absolute Gasteiger partial charge is 0.469 e. The third kappa shape index (κ3) is 3.93. The van der Waals surface area contributed by atoms with E-state index >= 15 is 0 Å². The number of rotatable bonds is 6. The molecule has 1 aromatic carbocycles. The molecule has 5 heteroatoms. The molecule has 3 N–H and O–H groups in total. The van der Waals surface area contributed by atoms with E-state index in [1.807, 2.05) is 6.07 Å². The molecular formula is C15H17FN2O2. The molecule has 0 unspecified atom stereocenters. The lowest BCUT2D eigenvalue weighted by molar-refractivity contribution is -0.121. The van der Waals surface area contributed by atoms with Crippen LogP contribution in [0.2, 0.25) is 0 Å². The zero-order valence-corrected chi connectivity index (χ0v) is 11.1. The van der Waals surface area contributed by atoms with E-state index in [4.69, 9.17) is 10.2 Å². The molecule has 2 aromatic rings. The van der Waals surface area contributed by atoms with Crippen LogP contribution in [-0.4, -0.2) is 5.91 Å². The molecule has 1 amide bonds. The van der Waals surface area contributed by atoms with Gasteiger partial charge in [0.15, 0.2) is 0 Å². The number of carbonyl (C=O) groups excluding carboxylic acids is 1. The molecule has 2 rings (SSSR count). The van der Waals surface area contributed by atoms with E-state index in [0.717, 1.165) is 11.3 Å². The van der Waals surface area contributed by atoms with Crippen LogP contribution in [0.1, 0.15) is 23.3 Å². The quantitative estimate of drug-likeness (QED) is 0.849. The fraction of sp³-hybridized carbons (Fsp3) is 0.267. The number of aryl methyl sites for hydroxylation is 1. The van der Waals surface area contributed by atoms with Crippen molar-refractivity contribution < 1.29 is 13.6 Å². The van der Waals surface area contributed by atoms with Crippen molar-refractivity contribution in [2.45, 2.75) is 25.9 Å². The van der Waals surface area contributed by atoms with Crippen molar-refractivity contribution in [3.63, 3.8) is 0 Å². The summed E-state index contributed by atoms with van der Waals surface area (Å²) in [6.07, 6.45) is 2.42. The number of halogens is 1. The second-order valence-electron chi connectivity index (χ2n) is 4.49. The molecule has 1 aromatic heterocycles. The SMILES string of the molecule is NCc1ccc(CNC(=O)CCc2ccco2)c(F)c1. The minimum Gasteiger partial charge on any atom is -0.469 e. The molecule has 0 aliphatic carbocycles. The molecular weight excluding hydrogens is 259 g/mol. The van der Waals surface area contributed by atoms with Crippen LogP contribution in [0.15, 0.2) is 41.0 Å². The van der Waals surface area contributed by atoms with Crippen molar-refractivity contribution in [3.8, 4) is 0 Å². The van der Waals surface area contributed by atoms with Gasteiger partial charge in [0.25, 0.3) is 0 Å². The van der Waals surface area contributed by atoms with Crippen LogP contribution in [0, 0.1) is 5.82 Å². The summed E-state index contributed by atoms with van der Waals surface area (Å²) in [6, 6.07) is 8.39. The van der Waals surface area contributed by atoms with Crippen LogP contribution in [0.4, 0.5) is 4.39 Å². The summed E-state index contributed by atoms with van der Waals surface area (Å²) in [5.41, 5.74) is 6.62. The van der Waals surface area contributed by atoms with Crippen LogP contribution >= 0.6 is 0 Å². The predicted molar refractivity (Wildman–Crippen MR) is 73.2 cm³/mol. The Bertz CT molecular complexity index is 567. The lowest BCUT2D eigenvalue weighted by atomic mass is 10.1. The second-order valence-corrected chi connectivity index (χ2v) is 4.49. The Morgan fingerprint density at radius 2 is 2.20 bits per heavy atom. The van der Waals surface area contributed by atoms with Gasteiger partial charge < -0.3 is 15.5 Å². The maximum Gasteiger partial charge on any atom is 0.220 e. The van der Waals surface area contributed by atoms with E-state index in [-0.39, 0.29) is 18.3 Å². The van der Waals surface area contributed by atoms with Gasteiger partial charge in [-0.25, -0.2) is 4.39 Å². The van der Waals surface area contributed by atoms with Crippen molar-refractivity contribution in [2.24, 2.45) is 5.73 Å². The fourth-order valence-corrected chi connectivity index (χ4v) is 1.83. The van der Waals surface area contributed by atoms with Crippen molar-refractivity contribution in [1.29, 1.82) is 0 Å². The highest BCUT2D eigenvalue weighted by molar-refractivity contribution is 5.76. The van der Waals surface area contributed by atoms with Crippen LogP contribution in [0.3, 0.4) is 0 Å². The van der Waals surface area contributed by atoms with E-state index in [1.165, 1.54) is 6.07 Å². The van der Waals surface area contributed by atoms with E-state index in [0.29, 0.717) is 24.9 Å². The number of nitrogens with one attached hydrogen (secondary N) is 1. The lowest BCUT2D eigenvalue weighted by Crippen LogP contribution is -2.23. The average Bonchev–Trinajstić information content (AvgIpc) is 2.97. The van der Waals surface area contributed by atoms with Crippen LogP contribution in [0.25, 0.3) is 0 Å². The lowest BCUT2D eigenvalue weighted by Gasteiger charge is -2.07. The normalized spacial score (nSPS) is 10.5. The first kappa shape index (κ1) is 14.3. The summed E-state index contributed by atoms with van der Waals surface area (Å²) in [4.78, 5) is 11.7. The molecule has 106 valence electrons. The fourth-order valence-electron chi connectivity index (χ4n) is 1.83. The van der Waals surface area contributed by atoms with Gasteiger partial charge in [0.2, 0.25) is 5.91 Å². The number of furan rings is 1. The molecule has 4 nitrogen and oxygen atoms in total. The highest BCUT2D eigenvalue weighted by Gasteiger charge is 2.07. The standard InChI is InChI=1S/C15H17FN2O2/c16-14-8-11(9-17)3-4-12(14)10-18-15(19)6-5-13-2-1-7-20-13/h1-4,7-8H,5-6,9-10,17H2,(H,18,19). The summed E-state index contributed by atoms with van der Waals surface area (Å²) in [6.45, 7) is 0.473. The van der Waals surface area contributed by atoms with Crippen molar-refractivity contribution in [1.82, 2.24) is 5.32 Å². The summed E-state index contributed by atoms with van der Waals surface area (Å²) in [5, 5.41) is 2.69. The first-order valence-electron chi connectivity index (χ1n) is 6.45. The molecule has 0 saturated heterocycles. The monoisotopic (exact) mass is 276 g/mol. The predicted octanol–water partition coefficient (Wildman–Crippen LogP) is 2.13. The molecule has 0 saturated carbocycles. The first-order chi connectivity index (χ1) is 9.69. The van der Waals surface area contributed by atoms with Gasteiger partial charge in [0.05, 0.1) is 6.26 Å². The number of hydrogen-bond acceptors (Lipinski definition) is 3. The molecule has 0 radical (unpaired) electrons. The smallest absolute Gasteiger partial charge is 0.220 e. The maximum atomic E-state index is 13.7. The number of hydrogen-bond donors (Lipinski definition) is 2. The Morgan fingerprint density at radius 1 is 1.35 bits per heavy atom. The van der Waals surface area contributed by atoms with Crippen LogP contribution < -0.4 is 11.1 Å². The van der Waals surface area contributed by atoms with Gasteiger partial charge in [-0.05, 0) is 23.8 Å². The first-order valence-corrected chi connectivity index (χ1v) is 6.45. The summed E-state index contributed by atoms with van der Waals surface area (Å²) >= 11 is 0. The van der Waals surface area contributed by atoms with Gasteiger partial charge in [-0.1, -0.05) is 12.1 Å². The molecule has 0 atom stereocenters. The second kappa shape index (κ2) is 6.86. The molecule has 0 aliphatic rings. The Kier molecular flexibility index (Phi) is 4.90. The van der Waals surface area contributed by atoms with Gasteiger partial charge in [0, 0.05) is 31.5 Å². The number of amides is 1. The highest BCUT2D eigenvalue weighted by Crippen LogP contribution is 2.10. The number of benzene rings is 1. The van der Waals surface area contributed by atoms with Crippen LogP contribution in [-0.2, 0) is 24.3 Å². The maximum absolute atomic E-state index is 13.7. The van der Waals surface area contributed by atoms with E-state index < -0.39 is 0 Å². The third-order valence-corrected chi connectivity index (χ3v) is 3.01. The number of nitrogens with two attached hydrogens (primary N) is 1. The van der Waals surface area contributed by atoms with Crippen molar-refractivity contribution >= 4 is 5.91 Å². The highest BCUT2D eigenvalue weighted by atomic mass is 19.1. The average molecular weight is 276 g/mol. The van der Waals surface area contributed by atoms with Gasteiger partial charge in [-0.15, -0.1) is 0 Å². The molecule has 0 bridgehead atoms. The van der Waals surface area contributed by atoms with E-state index in [1.54, 1.807) is 24.5 Å². The summed E-state index contributed by atoms with van der Waals surface area (Å²) < 4.78 is 18.8. The van der Waals surface area contributed by atoms with Crippen LogP contribution in [0.5, 0.6) is 0 Å². The minimum absolute atomic E-state index is 0.135. The van der Waals surface area contributed by atoms with Gasteiger partial charge in [-0.3, -0.25) is 4.79 Å². The zero-order valence-electron chi connectivity index (χ0n) is 11.1. The summed E-state index contributed by atoms with van der Waals surface area (Å²) in [5.74, 6) is 0.279. The molecule has 20 heavy (non-hydrogen) atoms. The number of carbonyl (C=O) groups is 1. The Hall–Kier alpha value is -2.14. The molecule has 0 fully saturated rings. The third-order valence-electron chi connectivity index (χ3n) is 3.01. The van der Waals surface area contributed by atoms with E-state index in [9.17, 15) is 9.18 Å². The van der Waals surface area contributed by atoms with Gasteiger partial charge in [0.1, 0.15) is 11.6 Å². The molecule has 0 aliphatic heterocycles. The Balaban J connectivity index is 1.81. The topological polar surface area (TPSA) is 68.3 Å². The Morgan fingerprint density at radius 3 is 2.85 bits per heavy atom. The van der Waals surface area contributed by atoms with E-state index in [2.05, 4.69) is 5.32 Å². The van der Waals surface area contributed by atoms with Crippen molar-refractivity contribution in [2.75, 3.05) is 0 Å². The zero-order chi connectivity index (χ0) is 14.4. The molecule has 0 spiro atoms. The van der Waals surface area contributed by atoms with Gasteiger partial charge >= 0.3 is 0 Å². The van der Waals surface area contributed by atoms with Crippen molar-refractivity contribution in [3.05, 3.63) is 59.3 Å².